The second-order valence-corrected chi connectivity index (χ2v) is 7.06. The van der Waals surface area contributed by atoms with Gasteiger partial charge in [0.1, 0.15) is 5.75 Å². The maximum Gasteiger partial charge on any atom is 0.223 e. The molecule has 0 aromatic heterocycles. The van der Waals surface area contributed by atoms with Gasteiger partial charge in [0.05, 0.1) is 0 Å². The van der Waals surface area contributed by atoms with Gasteiger partial charge in [-0.15, -0.1) is 0 Å². The van der Waals surface area contributed by atoms with Gasteiger partial charge in [-0.2, -0.15) is 0 Å². The first-order chi connectivity index (χ1) is 10.2. The van der Waals surface area contributed by atoms with E-state index < -0.39 is 0 Å². The fourth-order valence-corrected chi connectivity index (χ4v) is 3.85. The third-order valence-corrected chi connectivity index (χ3v) is 5.42. The van der Waals surface area contributed by atoms with Crippen molar-refractivity contribution in [2.75, 3.05) is 6.54 Å². The van der Waals surface area contributed by atoms with Gasteiger partial charge >= 0.3 is 0 Å². The summed E-state index contributed by atoms with van der Waals surface area (Å²) in [5.41, 5.74) is 2.39. The van der Waals surface area contributed by atoms with E-state index in [0.717, 1.165) is 36.8 Å². The molecule has 2 fully saturated rings. The number of hydrogen-bond donors (Lipinski definition) is 1. The molecule has 21 heavy (non-hydrogen) atoms. The largest absolute Gasteiger partial charge is 0.508 e. The second kappa shape index (κ2) is 5.04. The van der Waals surface area contributed by atoms with E-state index >= 15 is 0 Å². The van der Waals surface area contributed by atoms with E-state index in [-0.39, 0.29) is 0 Å². The number of carbonyl (C=O) groups is 1. The molecule has 1 aromatic rings. The zero-order valence-electron chi connectivity index (χ0n) is 12.4. The van der Waals surface area contributed by atoms with Crippen LogP contribution >= 0.6 is 0 Å². The molecule has 3 nitrogen and oxygen atoms in total. The SMILES string of the molecule is O=C(CC(C1CC1)C1CC1)N1CCc2ccc(O)cc2C1. The Kier molecular flexibility index (Phi) is 3.16. The molecule has 0 bridgehead atoms. The van der Waals surface area contributed by atoms with Crippen LogP contribution in [0.4, 0.5) is 0 Å². The summed E-state index contributed by atoms with van der Waals surface area (Å²) in [5.74, 6) is 2.96. The van der Waals surface area contributed by atoms with Gasteiger partial charge in [0.2, 0.25) is 5.91 Å². The summed E-state index contributed by atoms with van der Waals surface area (Å²) in [6, 6.07) is 5.55. The molecule has 4 rings (SSSR count). The topological polar surface area (TPSA) is 40.5 Å². The lowest BCUT2D eigenvalue weighted by Gasteiger charge is -2.30. The molecule has 1 heterocycles. The van der Waals surface area contributed by atoms with Crippen LogP contribution in [0, 0.1) is 17.8 Å². The van der Waals surface area contributed by atoms with Crippen molar-refractivity contribution in [2.24, 2.45) is 17.8 Å². The van der Waals surface area contributed by atoms with Crippen molar-refractivity contribution in [3.63, 3.8) is 0 Å². The zero-order chi connectivity index (χ0) is 14.4. The number of nitrogens with zero attached hydrogens (tertiary/aromatic N) is 1. The molecule has 3 heteroatoms. The predicted octanol–water partition coefficient (Wildman–Crippen LogP) is 3.10. The molecule has 112 valence electrons. The smallest absolute Gasteiger partial charge is 0.223 e. The molecule has 0 saturated heterocycles. The first-order valence-corrected chi connectivity index (χ1v) is 8.29. The molecule has 0 atom stereocenters. The molecule has 1 amide bonds. The number of hydrogen-bond acceptors (Lipinski definition) is 2. The number of benzene rings is 1. The van der Waals surface area contributed by atoms with Crippen LogP contribution in [0.2, 0.25) is 0 Å². The van der Waals surface area contributed by atoms with E-state index in [1.54, 1.807) is 6.07 Å². The van der Waals surface area contributed by atoms with Crippen LogP contribution in [0.5, 0.6) is 5.75 Å². The Morgan fingerprint density at radius 3 is 2.57 bits per heavy atom. The van der Waals surface area contributed by atoms with Gasteiger partial charge in [0.25, 0.3) is 0 Å². The van der Waals surface area contributed by atoms with Gasteiger partial charge in [-0.1, -0.05) is 6.07 Å². The van der Waals surface area contributed by atoms with Crippen molar-refractivity contribution in [3.05, 3.63) is 29.3 Å². The van der Waals surface area contributed by atoms with Crippen molar-refractivity contribution in [1.82, 2.24) is 4.90 Å². The van der Waals surface area contributed by atoms with Gasteiger partial charge in [0.15, 0.2) is 0 Å². The molecular formula is C18H23NO2. The highest BCUT2D eigenvalue weighted by atomic mass is 16.3. The summed E-state index contributed by atoms with van der Waals surface area (Å²) < 4.78 is 0. The highest BCUT2D eigenvalue weighted by Gasteiger charge is 2.42. The number of phenolic OH excluding ortho intramolecular Hbond substituents is 1. The van der Waals surface area contributed by atoms with Crippen molar-refractivity contribution in [1.29, 1.82) is 0 Å². The minimum atomic E-state index is 0.303. The van der Waals surface area contributed by atoms with E-state index in [0.29, 0.717) is 24.1 Å². The van der Waals surface area contributed by atoms with Crippen LogP contribution in [0.1, 0.15) is 43.2 Å². The Hall–Kier alpha value is -1.51. The molecule has 0 spiro atoms. The highest BCUT2D eigenvalue weighted by Crippen LogP contribution is 2.50. The van der Waals surface area contributed by atoms with E-state index in [4.69, 9.17) is 0 Å². The van der Waals surface area contributed by atoms with Gasteiger partial charge in [0, 0.05) is 19.5 Å². The lowest BCUT2D eigenvalue weighted by atomic mass is 9.92. The van der Waals surface area contributed by atoms with Crippen LogP contribution in [-0.4, -0.2) is 22.5 Å². The lowest BCUT2D eigenvalue weighted by Crippen LogP contribution is -2.37. The maximum atomic E-state index is 12.6. The normalized spacial score (nSPS) is 21.5. The van der Waals surface area contributed by atoms with Gasteiger partial charge in [-0.25, -0.2) is 0 Å². The molecule has 1 N–H and O–H groups in total. The minimum Gasteiger partial charge on any atom is -0.508 e. The molecule has 1 aliphatic heterocycles. The molecule has 3 aliphatic rings. The van der Waals surface area contributed by atoms with Crippen molar-refractivity contribution in [2.45, 2.75) is 45.1 Å². The van der Waals surface area contributed by atoms with Crippen molar-refractivity contribution < 1.29 is 9.90 Å². The summed E-state index contributed by atoms with van der Waals surface area (Å²) >= 11 is 0. The standard InChI is InChI=1S/C18H23NO2/c20-16-6-5-12-7-8-19(11-15(12)9-16)18(21)10-17(13-1-2-13)14-3-4-14/h5-6,9,13-14,17,20H,1-4,7-8,10-11H2. The lowest BCUT2D eigenvalue weighted by molar-refractivity contribution is -0.133. The number of phenols is 1. The molecule has 2 saturated carbocycles. The van der Waals surface area contributed by atoms with Gasteiger partial charge < -0.3 is 10.0 Å². The van der Waals surface area contributed by atoms with Crippen LogP contribution in [0.3, 0.4) is 0 Å². The average Bonchev–Trinajstić information content (AvgIpc) is 3.37. The Balaban J connectivity index is 1.43. The highest BCUT2D eigenvalue weighted by molar-refractivity contribution is 5.77. The van der Waals surface area contributed by atoms with Crippen molar-refractivity contribution in [3.8, 4) is 5.75 Å². The summed E-state index contributed by atoms with van der Waals surface area (Å²) in [4.78, 5) is 14.6. The van der Waals surface area contributed by atoms with Crippen LogP contribution < -0.4 is 0 Å². The molecule has 1 aromatic carbocycles. The van der Waals surface area contributed by atoms with Crippen LogP contribution in [0.25, 0.3) is 0 Å². The Bertz CT molecular complexity index is 548. The first-order valence-electron chi connectivity index (χ1n) is 8.29. The monoisotopic (exact) mass is 285 g/mol. The maximum absolute atomic E-state index is 12.6. The van der Waals surface area contributed by atoms with E-state index in [2.05, 4.69) is 0 Å². The van der Waals surface area contributed by atoms with Crippen molar-refractivity contribution >= 4 is 5.91 Å². The predicted molar refractivity (Wildman–Crippen MR) is 80.8 cm³/mol. The minimum absolute atomic E-state index is 0.303. The fraction of sp³-hybridized carbons (Fsp3) is 0.611. The van der Waals surface area contributed by atoms with Crippen LogP contribution in [-0.2, 0) is 17.8 Å². The fourth-order valence-electron chi connectivity index (χ4n) is 3.85. The Morgan fingerprint density at radius 2 is 1.90 bits per heavy atom. The van der Waals surface area contributed by atoms with Gasteiger partial charge in [-0.05, 0) is 73.1 Å². The molecule has 2 aliphatic carbocycles. The zero-order valence-corrected chi connectivity index (χ0v) is 12.4. The molecule has 0 unspecified atom stereocenters. The van der Waals surface area contributed by atoms with Gasteiger partial charge in [-0.3, -0.25) is 4.79 Å². The molecule has 0 radical (unpaired) electrons. The summed E-state index contributed by atoms with van der Waals surface area (Å²) in [6.45, 7) is 1.50. The average molecular weight is 285 g/mol. The quantitative estimate of drug-likeness (QED) is 0.923. The first kappa shape index (κ1) is 13.2. The van der Waals surface area contributed by atoms with E-state index in [1.807, 2.05) is 17.0 Å². The van der Waals surface area contributed by atoms with E-state index in [1.165, 1.54) is 31.2 Å². The molecular weight excluding hydrogens is 262 g/mol. The number of carbonyl (C=O) groups excluding carboxylic acids is 1. The third kappa shape index (κ3) is 2.78. The Morgan fingerprint density at radius 1 is 1.19 bits per heavy atom. The Labute approximate surface area is 126 Å². The second-order valence-electron chi connectivity index (χ2n) is 7.06. The third-order valence-electron chi connectivity index (χ3n) is 5.42. The number of aromatic hydroxyl groups is 1. The number of amides is 1. The summed E-state index contributed by atoms with van der Waals surface area (Å²) in [7, 11) is 0. The number of rotatable bonds is 4. The number of fused-ring (bicyclic) bond motifs is 1. The summed E-state index contributed by atoms with van der Waals surface area (Å²) in [6.07, 6.45) is 7.02. The summed E-state index contributed by atoms with van der Waals surface area (Å²) in [5, 5.41) is 9.62. The van der Waals surface area contributed by atoms with Crippen LogP contribution in [0.15, 0.2) is 18.2 Å². The van der Waals surface area contributed by atoms with E-state index in [9.17, 15) is 9.90 Å².